The third-order valence-electron chi connectivity index (χ3n) is 4.43. The fourth-order valence-corrected chi connectivity index (χ4v) is 2.84. The van der Waals surface area contributed by atoms with E-state index in [1.807, 2.05) is 42.5 Å². The summed E-state index contributed by atoms with van der Waals surface area (Å²) in [5, 5.41) is 15.8. The minimum absolute atomic E-state index is 0.0768. The second kappa shape index (κ2) is 9.50. The van der Waals surface area contributed by atoms with Crippen LogP contribution in [0.4, 0.5) is 11.4 Å². The lowest BCUT2D eigenvalue weighted by atomic mass is 10.1. The molecule has 0 aromatic heterocycles. The number of rotatable bonds is 8. The fourth-order valence-electron chi connectivity index (χ4n) is 2.84. The van der Waals surface area contributed by atoms with Crippen molar-refractivity contribution >= 4 is 17.3 Å². The van der Waals surface area contributed by atoms with E-state index in [2.05, 4.69) is 10.6 Å². The maximum atomic E-state index is 12.2. The molecule has 0 saturated carbocycles. The average Bonchev–Trinajstić information content (AvgIpc) is 2.74. The van der Waals surface area contributed by atoms with Crippen LogP contribution in [0.1, 0.15) is 11.1 Å². The number of phenols is 1. The SMILES string of the molecule is COc1ccc(NC(=O)Cc2ccc(NCc3ccc(O)c(OC)c3)cc2)cc1. The number of phenolic OH excluding ortho intramolecular Hbond substituents is 1. The molecule has 0 saturated heterocycles. The second-order valence-electron chi connectivity index (χ2n) is 6.51. The lowest BCUT2D eigenvalue weighted by Crippen LogP contribution is -2.14. The van der Waals surface area contributed by atoms with Crippen LogP contribution >= 0.6 is 0 Å². The minimum Gasteiger partial charge on any atom is -0.504 e. The highest BCUT2D eigenvalue weighted by Crippen LogP contribution is 2.26. The molecule has 0 aliphatic heterocycles. The normalized spacial score (nSPS) is 10.3. The van der Waals surface area contributed by atoms with Gasteiger partial charge in [0.15, 0.2) is 11.5 Å². The van der Waals surface area contributed by atoms with Crippen LogP contribution in [0, 0.1) is 0 Å². The summed E-state index contributed by atoms with van der Waals surface area (Å²) in [6.45, 7) is 0.591. The van der Waals surface area contributed by atoms with Gasteiger partial charge in [0.2, 0.25) is 5.91 Å². The first kappa shape index (κ1) is 20.1. The maximum absolute atomic E-state index is 12.2. The number of amides is 1. The summed E-state index contributed by atoms with van der Waals surface area (Å²) in [5.41, 5.74) is 3.59. The van der Waals surface area contributed by atoms with Crippen LogP contribution in [0.5, 0.6) is 17.2 Å². The van der Waals surface area contributed by atoms with Crippen molar-refractivity contribution in [3.63, 3.8) is 0 Å². The molecule has 0 atom stereocenters. The summed E-state index contributed by atoms with van der Waals surface area (Å²) in [4.78, 5) is 12.2. The Kier molecular flexibility index (Phi) is 6.58. The molecule has 3 aromatic carbocycles. The van der Waals surface area contributed by atoms with Crippen molar-refractivity contribution in [3.05, 3.63) is 77.9 Å². The number of carbonyl (C=O) groups is 1. The largest absolute Gasteiger partial charge is 0.504 e. The molecular formula is C23H24N2O4. The molecule has 0 fully saturated rings. The number of carbonyl (C=O) groups excluding carboxylic acids is 1. The number of benzene rings is 3. The zero-order valence-corrected chi connectivity index (χ0v) is 16.4. The first-order chi connectivity index (χ1) is 14.1. The first-order valence-corrected chi connectivity index (χ1v) is 9.20. The maximum Gasteiger partial charge on any atom is 0.228 e. The van der Waals surface area contributed by atoms with Gasteiger partial charge in [0.1, 0.15) is 5.75 Å². The molecule has 0 heterocycles. The van der Waals surface area contributed by atoms with Gasteiger partial charge >= 0.3 is 0 Å². The lowest BCUT2D eigenvalue weighted by Gasteiger charge is -2.10. The lowest BCUT2D eigenvalue weighted by molar-refractivity contribution is -0.115. The molecule has 0 radical (unpaired) electrons. The molecule has 1 amide bonds. The highest BCUT2D eigenvalue weighted by atomic mass is 16.5. The number of anilines is 2. The van der Waals surface area contributed by atoms with Gasteiger partial charge in [-0.25, -0.2) is 0 Å². The van der Waals surface area contributed by atoms with Crippen molar-refractivity contribution in [2.45, 2.75) is 13.0 Å². The van der Waals surface area contributed by atoms with Crippen LogP contribution < -0.4 is 20.1 Å². The molecule has 0 aliphatic rings. The van der Waals surface area contributed by atoms with Crippen molar-refractivity contribution in [2.24, 2.45) is 0 Å². The van der Waals surface area contributed by atoms with E-state index in [1.165, 1.54) is 7.11 Å². The smallest absolute Gasteiger partial charge is 0.228 e. The molecule has 3 aromatic rings. The predicted octanol–water partition coefficient (Wildman–Crippen LogP) is 4.20. The molecule has 0 unspecified atom stereocenters. The molecule has 29 heavy (non-hydrogen) atoms. The number of hydrogen-bond acceptors (Lipinski definition) is 5. The summed E-state index contributed by atoms with van der Waals surface area (Å²) >= 11 is 0. The fraction of sp³-hybridized carbons (Fsp3) is 0.174. The Balaban J connectivity index is 1.52. The number of ether oxygens (including phenoxy) is 2. The average molecular weight is 392 g/mol. The van der Waals surface area contributed by atoms with Crippen molar-refractivity contribution in [3.8, 4) is 17.2 Å². The van der Waals surface area contributed by atoms with E-state index < -0.39 is 0 Å². The number of aromatic hydroxyl groups is 1. The zero-order chi connectivity index (χ0) is 20.6. The van der Waals surface area contributed by atoms with E-state index in [0.29, 0.717) is 18.7 Å². The highest BCUT2D eigenvalue weighted by molar-refractivity contribution is 5.92. The Bertz CT molecular complexity index is 954. The van der Waals surface area contributed by atoms with Crippen LogP contribution in [0.2, 0.25) is 0 Å². The van der Waals surface area contributed by atoms with Gasteiger partial charge in [-0.15, -0.1) is 0 Å². The van der Waals surface area contributed by atoms with Gasteiger partial charge < -0.3 is 25.2 Å². The predicted molar refractivity (Wildman–Crippen MR) is 114 cm³/mol. The van der Waals surface area contributed by atoms with Crippen molar-refractivity contribution in [2.75, 3.05) is 24.9 Å². The minimum atomic E-state index is -0.0768. The Hall–Kier alpha value is -3.67. The number of nitrogens with one attached hydrogen (secondary N) is 2. The third kappa shape index (κ3) is 5.65. The molecule has 0 aliphatic carbocycles. The Morgan fingerprint density at radius 3 is 2.17 bits per heavy atom. The number of methoxy groups -OCH3 is 2. The van der Waals surface area contributed by atoms with E-state index in [4.69, 9.17) is 9.47 Å². The third-order valence-corrected chi connectivity index (χ3v) is 4.43. The molecule has 6 nitrogen and oxygen atoms in total. The van der Waals surface area contributed by atoms with Gasteiger partial charge in [-0.1, -0.05) is 18.2 Å². The monoisotopic (exact) mass is 392 g/mol. The zero-order valence-electron chi connectivity index (χ0n) is 16.4. The van der Waals surface area contributed by atoms with Crippen LogP contribution in [0.15, 0.2) is 66.7 Å². The van der Waals surface area contributed by atoms with Crippen LogP contribution in [-0.4, -0.2) is 25.2 Å². The highest BCUT2D eigenvalue weighted by Gasteiger charge is 2.06. The first-order valence-electron chi connectivity index (χ1n) is 9.20. The van der Waals surface area contributed by atoms with Gasteiger partial charge in [-0.2, -0.15) is 0 Å². The topological polar surface area (TPSA) is 79.8 Å². The molecule has 3 rings (SSSR count). The summed E-state index contributed by atoms with van der Waals surface area (Å²) in [6, 6.07) is 20.2. The molecule has 0 bridgehead atoms. The number of hydrogen-bond donors (Lipinski definition) is 3. The summed E-state index contributed by atoms with van der Waals surface area (Å²) < 4.78 is 10.2. The van der Waals surface area contributed by atoms with Gasteiger partial charge in [0.25, 0.3) is 0 Å². The van der Waals surface area contributed by atoms with Crippen molar-refractivity contribution < 1.29 is 19.4 Å². The van der Waals surface area contributed by atoms with Crippen molar-refractivity contribution in [1.82, 2.24) is 0 Å². The van der Waals surface area contributed by atoms with Gasteiger partial charge in [0.05, 0.1) is 20.6 Å². The summed E-state index contributed by atoms with van der Waals surface area (Å²) in [6.07, 6.45) is 0.293. The van der Waals surface area contributed by atoms with E-state index >= 15 is 0 Å². The van der Waals surface area contributed by atoms with E-state index in [-0.39, 0.29) is 11.7 Å². The Morgan fingerprint density at radius 1 is 0.862 bits per heavy atom. The van der Waals surface area contributed by atoms with Gasteiger partial charge in [-0.3, -0.25) is 4.79 Å². The standard InChI is InChI=1S/C23H24N2O4/c1-28-20-10-8-19(9-11-20)25-23(27)14-16-3-6-18(7-4-16)24-15-17-5-12-21(26)22(13-17)29-2/h3-13,24,26H,14-15H2,1-2H3,(H,25,27). The Morgan fingerprint density at radius 2 is 1.52 bits per heavy atom. The second-order valence-corrected chi connectivity index (χ2v) is 6.51. The molecule has 150 valence electrons. The van der Waals surface area contributed by atoms with Gasteiger partial charge in [-0.05, 0) is 59.7 Å². The van der Waals surface area contributed by atoms with Crippen molar-refractivity contribution in [1.29, 1.82) is 0 Å². The van der Waals surface area contributed by atoms with Crippen LogP contribution in [-0.2, 0) is 17.8 Å². The quantitative estimate of drug-likeness (QED) is 0.535. The molecule has 3 N–H and O–H groups in total. The molecule has 6 heteroatoms. The summed E-state index contributed by atoms with van der Waals surface area (Å²) in [5.74, 6) is 1.24. The van der Waals surface area contributed by atoms with Crippen LogP contribution in [0.3, 0.4) is 0 Å². The van der Waals surface area contributed by atoms with Gasteiger partial charge in [0, 0.05) is 17.9 Å². The van der Waals surface area contributed by atoms with E-state index in [9.17, 15) is 9.90 Å². The van der Waals surface area contributed by atoms with E-state index in [0.717, 1.165) is 28.3 Å². The molecule has 0 spiro atoms. The Labute approximate surface area is 170 Å². The molecular weight excluding hydrogens is 368 g/mol. The van der Waals surface area contributed by atoms with E-state index in [1.54, 1.807) is 31.4 Å². The summed E-state index contributed by atoms with van der Waals surface area (Å²) in [7, 11) is 3.13. The van der Waals surface area contributed by atoms with Crippen LogP contribution in [0.25, 0.3) is 0 Å².